The molecule has 0 radical (unpaired) electrons. The van der Waals surface area contributed by atoms with Gasteiger partial charge in [0.25, 0.3) is 0 Å². The van der Waals surface area contributed by atoms with Gasteiger partial charge in [-0.3, -0.25) is 14.5 Å². The van der Waals surface area contributed by atoms with Gasteiger partial charge >= 0.3 is 5.97 Å². The maximum absolute atomic E-state index is 13.0. The summed E-state index contributed by atoms with van der Waals surface area (Å²) in [6.07, 6.45) is 3.77. The Labute approximate surface area is 183 Å². The molecule has 1 aromatic heterocycles. The fourth-order valence-corrected chi connectivity index (χ4v) is 4.27. The van der Waals surface area contributed by atoms with Gasteiger partial charge in [0.2, 0.25) is 11.8 Å². The summed E-state index contributed by atoms with van der Waals surface area (Å²) < 4.78 is 5.01. The van der Waals surface area contributed by atoms with Crippen LogP contribution >= 0.6 is 0 Å². The first-order valence-corrected chi connectivity index (χ1v) is 11.1. The molecule has 9 heteroatoms. The number of likely N-dealkylation sites (tertiary alicyclic amines) is 1. The molecule has 31 heavy (non-hydrogen) atoms. The zero-order valence-corrected chi connectivity index (χ0v) is 18.5. The summed E-state index contributed by atoms with van der Waals surface area (Å²) in [6.45, 7) is 8.44. The second kappa shape index (κ2) is 10.6. The first-order valence-electron chi connectivity index (χ1n) is 11.1. The summed E-state index contributed by atoms with van der Waals surface area (Å²) in [4.78, 5) is 46.9. The normalized spacial score (nSPS) is 19.5. The first kappa shape index (κ1) is 23.0. The molecule has 0 bridgehead atoms. The van der Waals surface area contributed by atoms with Crippen LogP contribution in [0.4, 0.5) is 5.82 Å². The Bertz CT molecular complexity index is 777. The molecule has 1 atom stereocenters. The number of rotatable bonds is 6. The summed E-state index contributed by atoms with van der Waals surface area (Å²) in [5.41, 5.74) is 5.84. The first-order chi connectivity index (χ1) is 14.9. The summed E-state index contributed by atoms with van der Waals surface area (Å²) in [6, 6.07) is 3.38. The molecule has 2 fully saturated rings. The number of nitrogens with zero attached hydrogens (tertiary/aromatic N) is 4. The molecule has 2 amide bonds. The molecule has 170 valence electrons. The average Bonchev–Trinajstić information content (AvgIpc) is 3.05. The molecular formula is C22H33N5O4. The number of aromatic nitrogens is 1. The van der Waals surface area contributed by atoms with Crippen molar-refractivity contribution in [2.75, 3.05) is 50.8 Å². The van der Waals surface area contributed by atoms with Crippen LogP contribution in [0.3, 0.4) is 0 Å². The summed E-state index contributed by atoms with van der Waals surface area (Å²) in [7, 11) is 0. The highest BCUT2D eigenvalue weighted by Gasteiger charge is 2.31. The minimum absolute atomic E-state index is 0.117. The van der Waals surface area contributed by atoms with Gasteiger partial charge in [-0.1, -0.05) is 0 Å². The quantitative estimate of drug-likeness (QED) is 0.666. The van der Waals surface area contributed by atoms with E-state index in [-0.39, 0.29) is 29.7 Å². The Morgan fingerprint density at radius 2 is 1.87 bits per heavy atom. The fraction of sp³-hybridized carbons (Fsp3) is 0.636. The van der Waals surface area contributed by atoms with Crippen LogP contribution in [0.15, 0.2) is 18.3 Å². The smallest absolute Gasteiger partial charge is 0.339 e. The van der Waals surface area contributed by atoms with Crippen molar-refractivity contribution < 1.29 is 19.1 Å². The molecule has 3 rings (SSSR count). The summed E-state index contributed by atoms with van der Waals surface area (Å²) in [5.74, 6) is 0.192. The summed E-state index contributed by atoms with van der Waals surface area (Å²) >= 11 is 0. The van der Waals surface area contributed by atoms with E-state index >= 15 is 0 Å². The van der Waals surface area contributed by atoms with Crippen LogP contribution in [0.1, 0.15) is 43.5 Å². The molecule has 1 aromatic rings. The Balaban J connectivity index is 1.54. The van der Waals surface area contributed by atoms with Gasteiger partial charge in [-0.15, -0.1) is 0 Å². The number of hydrogen-bond acceptors (Lipinski definition) is 7. The summed E-state index contributed by atoms with van der Waals surface area (Å²) in [5, 5.41) is 0. The Morgan fingerprint density at radius 3 is 2.48 bits per heavy atom. The molecule has 1 unspecified atom stereocenters. The van der Waals surface area contributed by atoms with Gasteiger partial charge in [0.15, 0.2) is 0 Å². The van der Waals surface area contributed by atoms with Crippen molar-refractivity contribution in [3.8, 4) is 0 Å². The maximum Gasteiger partial charge on any atom is 0.339 e. The number of amides is 2. The Morgan fingerprint density at radius 1 is 1.13 bits per heavy atom. The maximum atomic E-state index is 13.0. The third-order valence-corrected chi connectivity index (χ3v) is 6.23. The molecule has 2 aliphatic rings. The van der Waals surface area contributed by atoms with Crippen molar-refractivity contribution in [1.29, 1.82) is 0 Å². The molecule has 9 nitrogen and oxygen atoms in total. The van der Waals surface area contributed by atoms with E-state index in [1.807, 2.05) is 17.9 Å². The van der Waals surface area contributed by atoms with E-state index in [1.54, 1.807) is 19.2 Å². The lowest BCUT2D eigenvalue weighted by Gasteiger charge is -2.35. The minimum atomic E-state index is -0.365. The zero-order valence-electron chi connectivity index (χ0n) is 18.5. The molecular weight excluding hydrogens is 398 g/mol. The molecule has 2 N–H and O–H groups in total. The number of carbonyl (C=O) groups is 3. The molecule has 0 saturated carbocycles. The highest BCUT2D eigenvalue weighted by Crippen LogP contribution is 2.20. The monoisotopic (exact) mass is 431 g/mol. The molecule has 0 aromatic carbocycles. The predicted octanol–water partition coefficient (Wildman–Crippen LogP) is 0.883. The highest BCUT2D eigenvalue weighted by atomic mass is 16.5. The van der Waals surface area contributed by atoms with Gasteiger partial charge < -0.3 is 20.3 Å². The van der Waals surface area contributed by atoms with Gasteiger partial charge in [-0.05, 0) is 45.2 Å². The van der Waals surface area contributed by atoms with Crippen LogP contribution in [0.25, 0.3) is 0 Å². The third kappa shape index (κ3) is 5.72. The third-order valence-electron chi connectivity index (χ3n) is 6.23. The fourth-order valence-electron chi connectivity index (χ4n) is 4.27. The van der Waals surface area contributed by atoms with E-state index in [1.165, 1.54) is 0 Å². The van der Waals surface area contributed by atoms with Gasteiger partial charge in [0.1, 0.15) is 5.82 Å². The van der Waals surface area contributed by atoms with Crippen molar-refractivity contribution >= 4 is 23.6 Å². The molecule has 2 aliphatic heterocycles. The number of esters is 1. The van der Waals surface area contributed by atoms with Gasteiger partial charge in [-0.2, -0.15) is 0 Å². The van der Waals surface area contributed by atoms with Crippen molar-refractivity contribution in [3.05, 3.63) is 23.9 Å². The number of carbonyl (C=O) groups excluding carboxylic acids is 3. The number of ether oxygens (including phenoxy) is 1. The SMILES string of the molecule is CCOC(=O)c1ccc(N2CCCN(C(C)C(=O)N3CCC(C(N)=O)CC3)CC2)nc1. The predicted molar refractivity (Wildman–Crippen MR) is 117 cm³/mol. The highest BCUT2D eigenvalue weighted by molar-refractivity contribution is 5.89. The number of pyridine rings is 1. The standard InChI is InChI=1S/C22H33N5O4/c1-3-31-22(30)18-5-6-19(24-15-18)26-10-4-9-25(13-14-26)16(2)21(29)27-11-7-17(8-12-27)20(23)28/h5-6,15-17H,3-4,7-14H2,1-2H3,(H2,23,28). The topological polar surface area (TPSA) is 109 Å². The van der Waals surface area contributed by atoms with Crippen LogP contribution in [0.2, 0.25) is 0 Å². The molecule has 0 spiro atoms. The molecule has 2 saturated heterocycles. The number of piperidine rings is 1. The van der Waals surface area contributed by atoms with Gasteiger partial charge in [-0.25, -0.2) is 9.78 Å². The van der Waals surface area contributed by atoms with E-state index in [2.05, 4.69) is 14.8 Å². The number of anilines is 1. The van der Waals surface area contributed by atoms with Crippen LogP contribution in [-0.2, 0) is 14.3 Å². The van der Waals surface area contributed by atoms with E-state index in [4.69, 9.17) is 10.5 Å². The van der Waals surface area contributed by atoms with E-state index in [0.29, 0.717) is 38.1 Å². The average molecular weight is 432 g/mol. The molecule has 3 heterocycles. The lowest BCUT2D eigenvalue weighted by atomic mass is 9.96. The lowest BCUT2D eigenvalue weighted by Crippen LogP contribution is -2.51. The van der Waals surface area contributed by atoms with Crippen LogP contribution in [-0.4, -0.2) is 84.5 Å². The van der Waals surface area contributed by atoms with Crippen LogP contribution in [0.5, 0.6) is 0 Å². The van der Waals surface area contributed by atoms with E-state index in [9.17, 15) is 14.4 Å². The number of primary amides is 1. The second-order valence-corrected chi connectivity index (χ2v) is 8.18. The van der Waals surface area contributed by atoms with Gasteiger partial charge in [0, 0.05) is 51.4 Å². The molecule has 0 aliphatic carbocycles. The Hall–Kier alpha value is -2.68. The second-order valence-electron chi connectivity index (χ2n) is 8.18. The van der Waals surface area contributed by atoms with E-state index in [0.717, 1.165) is 38.4 Å². The minimum Gasteiger partial charge on any atom is -0.462 e. The van der Waals surface area contributed by atoms with Crippen molar-refractivity contribution in [3.63, 3.8) is 0 Å². The van der Waals surface area contributed by atoms with Crippen molar-refractivity contribution in [2.45, 2.75) is 39.2 Å². The largest absolute Gasteiger partial charge is 0.462 e. The van der Waals surface area contributed by atoms with Crippen molar-refractivity contribution in [1.82, 2.24) is 14.8 Å². The lowest BCUT2D eigenvalue weighted by molar-refractivity contribution is -0.139. The number of nitrogens with two attached hydrogens (primary N) is 1. The number of hydrogen-bond donors (Lipinski definition) is 1. The van der Waals surface area contributed by atoms with Crippen LogP contribution < -0.4 is 10.6 Å². The van der Waals surface area contributed by atoms with Crippen LogP contribution in [0, 0.1) is 5.92 Å². The van der Waals surface area contributed by atoms with E-state index < -0.39 is 0 Å². The zero-order chi connectivity index (χ0) is 22.4. The Kier molecular flexibility index (Phi) is 7.84. The van der Waals surface area contributed by atoms with Gasteiger partial charge in [0.05, 0.1) is 18.2 Å². The van der Waals surface area contributed by atoms with Crippen molar-refractivity contribution in [2.24, 2.45) is 11.7 Å².